The van der Waals surface area contributed by atoms with Gasteiger partial charge in [-0.1, -0.05) is 12.1 Å². The van der Waals surface area contributed by atoms with Crippen LogP contribution in [0, 0.1) is 12.7 Å². The molecule has 2 rings (SSSR count). The van der Waals surface area contributed by atoms with E-state index in [1.54, 1.807) is 24.3 Å². The second kappa shape index (κ2) is 5.81. The SMILES string of the molecule is Cc1ccc(F)c(S(=O)(=O)NCCc2cccs2)c1. The molecule has 0 aliphatic rings. The maximum atomic E-state index is 13.5. The molecule has 1 N–H and O–H groups in total. The van der Waals surface area contributed by atoms with Crippen molar-refractivity contribution < 1.29 is 12.8 Å². The van der Waals surface area contributed by atoms with Gasteiger partial charge in [0.1, 0.15) is 10.7 Å². The first-order valence-electron chi connectivity index (χ1n) is 5.77. The summed E-state index contributed by atoms with van der Waals surface area (Å²) in [6, 6.07) is 7.90. The average molecular weight is 299 g/mol. The van der Waals surface area contributed by atoms with E-state index in [9.17, 15) is 12.8 Å². The predicted octanol–water partition coefficient (Wildman–Crippen LogP) is 2.72. The first-order valence-corrected chi connectivity index (χ1v) is 8.13. The van der Waals surface area contributed by atoms with E-state index in [0.717, 1.165) is 4.88 Å². The second-order valence-electron chi connectivity index (χ2n) is 4.16. The first kappa shape index (κ1) is 14.2. The van der Waals surface area contributed by atoms with E-state index in [2.05, 4.69) is 4.72 Å². The molecule has 0 saturated heterocycles. The summed E-state index contributed by atoms with van der Waals surface area (Å²) in [5, 5.41) is 1.93. The third kappa shape index (κ3) is 3.62. The number of aryl methyl sites for hydroxylation is 1. The fourth-order valence-corrected chi connectivity index (χ4v) is 3.56. The Kier molecular flexibility index (Phi) is 4.34. The van der Waals surface area contributed by atoms with E-state index in [1.807, 2.05) is 17.5 Å². The Bertz CT molecular complexity index is 651. The van der Waals surface area contributed by atoms with Crippen LogP contribution in [0.25, 0.3) is 0 Å². The van der Waals surface area contributed by atoms with Crippen LogP contribution in [0.1, 0.15) is 10.4 Å². The zero-order valence-corrected chi connectivity index (χ0v) is 12.0. The molecular formula is C13H14FNO2S2. The molecule has 0 radical (unpaired) electrons. The molecule has 1 aromatic carbocycles. The molecule has 1 heterocycles. The highest BCUT2D eigenvalue weighted by Crippen LogP contribution is 2.16. The van der Waals surface area contributed by atoms with Crippen LogP contribution in [-0.4, -0.2) is 15.0 Å². The minimum absolute atomic E-state index is 0.260. The molecule has 0 amide bonds. The van der Waals surface area contributed by atoms with Crippen LogP contribution in [0.3, 0.4) is 0 Å². The summed E-state index contributed by atoms with van der Waals surface area (Å²) < 4.78 is 39.9. The Morgan fingerprint density at radius 1 is 1.32 bits per heavy atom. The maximum absolute atomic E-state index is 13.5. The molecule has 6 heteroatoms. The summed E-state index contributed by atoms with van der Waals surface area (Å²) in [6.45, 7) is 1.99. The minimum Gasteiger partial charge on any atom is -0.211 e. The summed E-state index contributed by atoms with van der Waals surface area (Å²) in [5.41, 5.74) is 0.708. The van der Waals surface area contributed by atoms with Crippen molar-refractivity contribution in [3.05, 3.63) is 52.0 Å². The maximum Gasteiger partial charge on any atom is 0.243 e. The van der Waals surface area contributed by atoms with E-state index < -0.39 is 15.8 Å². The molecule has 2 aromatic rings. The number of halogens is 1. The van der Waals surface area contributed by atoms with Crippen molar-refractivity contribution in [2.45, 2.75) is 18.2 Å². The van der Waals surface area contributed by atoms with Crippen LogP contribution >= 0.6 is 11.3 Å². The molecule has 0 spiro atoms. The topological polar surface area (TPSA) is 46.2 Å². The van der Waals surface area contributed by atoms with Gasteiger partial charge in [-0.15, -0.1) is 11.3 Å². The monoisotopic (exact) mass is 299 g/mol. The summed E-state index contributed by atoms with van der Waals surface area (Å²) in [5.74, 6) is -0.728. The van der Waals surface area contributed by atoms with Crippen molar-refractivity contribution in [1.29, 1.82) is 0 Å². The van der Waals surface area contributed by atoms with Crippen molar-refractivity contribution in [1.82, 2.24) is 4.72 Å². The van der Waals surface area contributed by atoms with Gasteiger partial charge in [-0.3, -0.25) is 0 Å². The van der Waals surface area contributed by atoms with Gasteiger partial charge in [-0.2, -0.15) is 0 Å². The molecule has 0 aliphatic carbocycles. The van der Waals surface area contributed by atoms with Crippen molar-refractivity contribution >= 4 is 21.4 Å². The average Bonchev–Trinajstić information content (AvgIpc) is 2.85. The largest absolute Gasteiger partial charge is 0.243 e. The standard InChI is InChI=1S/C13H14FNO2S2/c1-10-4-5-12(14)13(9-10)19(16,17)15-7-6-11-3-2-8-18-11/h2-5,8-9,15H,6-7H2,1H3. The molecule has 0 fully saturated rings. The lowest BCUT2D eigenvalue weighted by Crippen LogP contribution is -2.26. The fraction of sp³-hybridized carbons (Fsp3) is 0.231. The van der Waals surface area contributed by atoms with E-state index >= 15 is 0 Å². The molecule has 0 unspecified atom stereocenters. The Balaban J connectivity index is 2.07. The lowest BCUT2D eigenvalue weighted by atomic mass is 10.2. The number of sulfonamides is 1. The molecular weight excluding hydrogens is 285 g/mol. The van der Waals surface area contributed by atoms with Crippen molar-refractivity contribution in [3.63, 3.8) is 0 Å². The highest BCUT2D eigenvalue weighted by molar-refractivity contribution is 7.89. The number of nitrogens with one attached hydrogen (secondary N) is 1. The first-order chi connectivity index (χ1) is 8.99. The third-order valence-electron chi connectivity index (χ3n) is 2.62. The highest BCUT2D eigenvalue weighted by atomic mass is 32.2. The number of hydrogen-bond donors (Lipinski definition) is 1. The molecule has 19 heavy (non-hydrogen) atoms. The summed E-state index contributed by atoms with van der Waals surface area (Å²) in [4.78, 5) is 0.797. The second-order valence-corrected chi connectivity index (χ2v) is 6.93. The molecule has 1 aromatic heterocycles. The third-order valence-corrected chi connectivity index (χ3v) is 5.03. The van der Waals surface area contributed by atoms with Gasteiger partial charge in [-0.05, 0) is 42.5 Å². The van der Waals surface area contributed by atoms with Gasteiger partial charge in [0.25, 0.3) is 0 Å². The van der Waals surface area contributed by atoms with E-state index in [1.165, 1.54) is 12.1 Å². The molecule has 0 bridgehead atoms. The van der Waals surface area contributed by atoms with Crippen LogP contribution in [0.2, 0.25) is 0 Å². The Hall–Kier alpha value is -1.24. The molecule has 0 atom stereocenters. The number of thiophene rings is 1. The summed E-state index contributed by atoms with van der Waals surface area (Å²) >= 11 is 1.57. The highest BCUT2D eigenvalue weighted by Gasteiger charge is 2.18. The molecule has 3 nitrogen and oxygen atoms in total. The van der Waals surface area contributed by atoms with Gasteiger partial charge in [0.2, 0.25) is 10.0 Å². The molecule has 102 valence electrons. The van der Waals surface area contributed by atoms with E-state index in [4.69, 9.17) is 0 Å². The van der Waals surface area contributed by atoms with Crippen molar-refractivity contribution in [2.75, 3.05) is 6.54 Å². The normalized spacial score (nSPS) is 11.7. The Labute approximate surface area is 116 Å². The van der Waals surface area contributed by atoms with Gasteiger partial charge in [0.15, 0.2) is 0 Å². The van der Waals surface area contributed by atoms with Gasteiger partial charge < -0.3 is 0 Å². The fourth-order valence-electron chi connectivity index (χ4n) is 1.66. The number of hydrogen-bond acceptors (Lipinski definition) is 3. The van der Waals surface area contributed by atoms with E-state index in [0.29, 0.717) is 12.0 Å². The Morgan fingerprint density at radius 3 is 2.79 bits per heavy atom. The number of rotatable bonds is 5. The number of benzene rings is 1. The quantitative estimate of drug-likeness (QED) is 0.922. The van der Waals surface area contributed by atoms with Crippen LogP contribution < -0.4 is 4.72 Å². The molecule has 0 aliphatic heterocycles. The molecule has 0 saturated carbocycles. The van der Waals surface area contributed by atoms with Crippen LogP contribution in [0.5, 0.6) is 0 Å². The van der Waals surface area contributed by atoms with Gasteiger partial charge in [0.05, 0.1) is 0 Å². The zero-order chi connectivity index (χ0) is 13.9. The zero-order valence-electron chi connectivity index (χ0n) is 10.4. The Morgan fingerprint density at radius 2 is 2.11 bits per heavy atom. The van der Waals surface area contributed by atoms with Gasteiger partial charge >= 0.3 is 0 Å². The van der Waals surface area contributed by atoms with Crippen molar-refractivity contribution in [2.24, 2.45) is 0 Å². The van der Waals surface area contributed by atoms with Gasteiger partial charge in [0, 0.05) is 11.4 Å². The lowest BCUT2D eigenvalue weighted by molar-refractivity contribution is 0.557. The predicted molar refractivity (Wildman–Crippen MR) is 74.3 cm³/mol. The van der Waals surface area contributed by atoms with Crippen LogP contribution in [0.4, 0.5) is 4.39 Å². The summed E-state index contributed by atoms with van der Waals surface area (Å²) in [6.07, 6.45) is 0.602. The van der Waals surface area contributed by atoms with Crippen LogP contribution in [0.15, 0.2) is 40.6 Å². The smallest absolute Gasteiger partial charge is 0.211 e. The van der Waals surface area contributed by atoms with Crippen LogP contribution in [-0.2, 0) is 16.4 Å². The van der Waals surface area contributed by atoms with Gasteiger partial charge in [-0.25, -0.2) is 17.5 Å². The van der Waals surface area contributed by atoms with E-state index in [-0.39, 0.29) is 11.4 Å². The minimum atomic E-state index is -3.79. The lowest BCUT2D eigenvalue weighted by Gasteiger charge is -2.08. The summed E-state index contributed by atoms with van der Waals surface area (Å²) in [7, 11) is -3.79. The van der Waals surface area contributed by atoms with Crippen molar-refractivity contribution in [3.8, 4) is 0 Å².